The summed E-state index contributed by atoms with van der Waals surface area (Å²) in [6, 6.07) is 0.0547. The van der Waals surface area contributed by atoms with E-state index in [1.807, 2.05) is 0 Å². The van der Waals surface area contributed by atoms with Crippen LogP contribution in [0.5, 0.6) is 0 Å². The summed E-state index contributed by atoms with van der Waals surface area (Å²) < 4.78 is 5.60. The third-order valence-corrected chi connectivity index (χ3v) is 5.32. The lowest BCUT2D eigenvalue weighted by Crippen LogP contribution is -2.46. The molecule has 126 valence electrons. The van der Waals surface area contributed by atoms with Crippen molar-refractivity contribution in [2.45, 2.75) is 44.6 Å². The lowest BCUT2D eigenvalue weighted by Gasteiger charge is -2.36. The largest absolute Gasteiger partial charge is 0.381 e. The smallest absolute Gasteiger partial charge is 0.237 e. The van der Waals surface area contributed by atoms with E-state index < -0.39 is 0 Å². The van der Waals surface area contributed by atoms with Crippen LogP contribution in [0.3, 0.4) is 0 Å². The van der Waals surface area contributed by atoms with Crippen LogP contribution in [0.15, 0.2) is 0 Å². The molecule has 3 rings (SSSR count). The molecule has 3 saturated heterocycles. The average molecular weight is 309 g/mol. The highest BCUT2D eigenvalue weighted by molar-refractivity contribution is 5.81. The first-order valence-electron chi connectivity index (χ1n) is 9.12. The Balaban J connectivity index is 1.37. The molecule has 1 amide bonds. The maximum atomic E-state index is 12.1. The molecule has 0 bridgehead atoms. The quantitative estimate of drug-likeness (QED) is 0.795. The molecule has 3 aliphatic rings. The van der Waals surface area contributed by atoms with E-state index in [9.17, 15) is 4.79 Å². The van der Waals surface area contributed by atoms with Crippen molar-refractivity contribution in [1.29, 1.82) is 0 Å². The zero-order chi connectivity index (χ0) is 15.2. The Morgan fingerprint density at radius 2 is 2.09 bits per heavy atom. The Morgan fingerprint density at radius 3 is 2.86 bits per heavy atom. The number of carbonyl (C=O) groups is 1. The van der Waals surface area contributed by atoms with Gasteiger partial charge in [-0.15, -0.1) is 0 Å². The number of rotatable bonds is 5. The Bertz CT molecular complexity index is 352. The van der Waals surface area contributed by atoms with E-state index in [4.69, 9.17) is 4.74 Å². The first-order valence-corrected chi connectivity index (χ1v) is 9.12. The molecule has 0 saturated carbocycles. The van der Waals surface area contributed by atoms with Gasteiger partial charge in [-0.3, -0.25) is 4.79 Å². The molecule has 0 aromatic carbocycles. The van der Waals surface area contributed by atoms with E-state index in [2.05, 4.69) is 15.5 Å². The number of nitrogens with one attached hydrogen (secondary N) is 2. The summed E-state index contributed by atoms with van der Waals surface area (Å²) in [5.41, 5.74) is 0. The van der Waals surface area contributed by atoms with Crippen LogP contribution in [0.25, 0.3) is 0 Å². The minimum Gasteiger partial charge on any atom is -0.381 e. The van der Waals surface area contributed by atoms with Crippen LogP contribution in [-0.2, 0) is 9.53 Å². The molecule has 5 nitrogen and oxygen atoms in total. The molecule has 0 aromatic rings. The predicted octanol–water partition coefficient (Wildman–Crippen LogP) is 0.993. The van der Waals surface area contributed by atoms with Crippen molar-refractivity contribution < 1.29 is 9.53 Å². The number of likely N-dealkylation sites (tertiary alicyclic amines) is 1. The van der Waals surface area contributed by atoms with Crippen molar-refractivity contribution in [2.75, 3.05) is 45.9 Å². The zero-order valence-electron chi connectivity index (χ0n) is 13.7. The van der Waals surface area contributed by atoms with Gasteiger partial charge in [-0.1, -0.05) is 0 Å². The Kier molecular flexibility index (Phi) is 6.10. The first-order chi connectivity index (χ1) is 10.8. The standard InChI is InChI=1S/C17H31N3O2/c21-17(16-6-1-7-18-16)19-10-14-4-2-8-20(11-14)12-15-5-3-9-22-13-15/h14-16,18H,1-13H2,(H,19,21). The summed E-state index contributed by atoms with van der Waals surface area (Å²) in [4.78, 5) is 14.7. The average Bonchev–Trinajstić information content (AvgIpc) is 3.08. The van der Waals surface area contributed by atoms with E-state index in [0.29, 0.717) is 11.8 Å². The molecule has 0 spiro atoms. The molecule has 3 fully saturated rings. The van der Waals surface area contributed by atoms with Gasteiger partial charge in [0.15, 0.2) is 0 Å². The fraction of sp³-hybridized carbons (Fsp3) is 0.941. The van der Waals surface area contributed by atoms with Gasteiger partial charge in [-0.05, 0) is 63.5 Å². The van der Waals surface area contributed by atoms with Crippen molar-refractivity contribution in [3.63, 3.8) is 0 Å². The van der Waals surface area contributed by atoms with E-state index in [1.165, 1.54) is 38.8 Å². The highest BCUT2D eigenvalue weighted by Gasteiger charge is 2.26. The third kappa shape index (κ3) is 4.67. The minimum absolute atomic E-state index is 0.0547. The van der Waals surface area contributed by atoms with Gasteiger partial charge in [0.25, 0.3) is 0 Å². The molecule has 3 aliphatic heterocycles. The normalized spacial score (nSPS) is 33.7. The molecular weight excluding hydrogens is 278 g/mol. The number of piperidine rings is 1. The number of carbonyl (C=O) groups excluding carboxylic acids is 1. The lowest BCUT2D eigenvalue weighted by molar-refractivity contribution is -0.123. The monoisotopic (exact) mass is 309 g/mol. The molecule has 0 aliphatic carbocycles. The number of nitrogens with zero attached hydrogens (tertiary/aromatic N) is 1. The summed E-state index contributed by atoms with van der Waals surface area (Å²) >= 11 is 0. The predicted molar refractivity (Wildman–Crippen MR) is 86.7 cm³/mol. The summed E-state index contributed by atoms with van der Waals surface area (Å²) in [7, 11) is 0. The second-order valence-electron chi connectivity index (χ2n) is 7.25. The lowest BCUT2D eigenvalue weighted by atomic mass is 9.95. The van der Waals surface area contributed by atoms with Crippen LogP contribution >= 0.6 is 0 Å². The maximum absolute atomic E-state index is 12.1. The van der Waals surface area contributed by atoms with Crippen LogP contribution < -0.4 is 10.6 Å². The molecular formula is C17H31N3O2. The summed E-state index contributed by atoms with van der Waals surface area (Å²) in [6.45, 7) is 7.23. The third-order valence-electron chi connectivity index (χ3n) is 5.32. The van der Waals surface area contributed by atoms with Crippen molar-refractivity contribution in [3.8, 4) is 0 Å². The fourth-order valence-corrected chi connectivity index (χ4v) is 4.08. The Hall–Kier alpha value is -0.650. The van der Waals surface area contributed by atoms with Gasteiger partial charge < -0.3 is 20.3 Å². The minimum atomic E-state index is 0.0547. The van der Waals surface area contributed by atoms with Gasteiger partial charge in [0, 0.05) is 26.2 Å². The fourth-order valence-electron chi connectivity index (χ4n) is 4.08. The van der Waals surface area contributed by atoms with Crippen LogP contribution in [-0.4, -0.2) is 62.8 Å². The van der Waals surface area contributed by atoms with Gasteiger partial charge in [0.1, 0.15) is 0 Å². The summed E-state index contributed by atoms with van der Waals surface area (Å²) in [5, 5.41) is 6.44. The Morgan fingerprint density at radius 1 is 1.18 bits per heavy atom. The van der Waals surface area contributed by atoms with Crippen molar-refractivity contribution >= 4 is 5.91 Å². The SMILES string of the molecule is O=C(NCC1CCCN(CC2CCCOC2)C1)C1CCCN1. The number of ether oxygens (including phenoxy) is 1. The van der Waals surface area contributed by atoms with Gasteiger partial charge in [0.2, 0.25) is 5.91 Å². The van der Waals surface area contributed by atoms with Crippen LogP contribution in [0, 0.1) is 11.8 Å². The van der Waals surface area contributed by atoms with Gasteiger partial charge in [0.05, 0.1) is 12.6 Å². The van der Waals surface area contributed by atoms with Crippen molar-refractivity contribution in [1.82, 2.24) is 15.5 Å². The Labute approximate surface area is 134 Å². The van der Waals surface area contributed by atoms with Gasteiger partial charge in [-0.2, -0.15) is 0 Å². The summed E-state index contributed by atoms with van der Waals surface area (Å²) in [6.07, 6.45) is 7.15. The molecule has 0 radical (unpaired) electrons. The van der Waals surface area contributed by atoms with Crippen LogP contribution in [0.1, 0.15) is 38.5 Å². The highest BCUT2D eigenvalue weighted by atomic mass is 16.5. The van der Waals surface area contributed by atoms with Crippen LogP contribution in [0.2, 0.25) is 0 Å². The molecule has 22 heavy (non-hydrogen) atoms. The second-order valence-corrected chi connectivity index (χ2v) is 7.25. The topological polar surface area (TPSA) is 53.6 Å². The summed E-state index contributed by atoms with van der Waals surface area (Å²) in [5.74, 6) is 1.53. The van der Waals surface area contributed by atoms with Crippen LogP contribution in [0.4, 0.5) is 0 Å². The molecule has 2 N–H and O–H groups in total. The highest BCUT2D eigenvalue weighted by Crippen LogP contribution is 2.20. The van der Waals surface area contributed by atoms with E-state index in [1.54, 1.807) is 0 Å². The van der Waals surface area contributed by atoms with E-state index in [0.717, 1.165) is 45.7 Å². The number of hydrogen-bond donors (Lipinski definition) is 2. The van der Waals surface area contributed by atoms with Crippen molar-refractivity contribution in [3.05, 3.63) is 0 Å². The maximum Gasteiger partial charge on any atom is 0.237 e. The molecule has 0 aromatic heterocycles. The number of amides is 1. The zero-order valence-corrected chi connectivity index (χ0v) is 13.7. The van der Waals surface area contributed by atoms with Gasteiger partial charge >= 0.3 is 0 Å². The van der Waals surface area contributed by atoms with Gasteiger partial charge in [-0.25, -0.2) is 0 Å². The van der Waals surface area contributed by atoms with E-state index >= 15 is 0 Å². The molecule has 3 heterocycles. The number of hydrogen-bond acceptors (Lipinski definition) is 4. The first kappa shape index (κ1) is 16.2. The van der Waals surface area contributed by atoms with E-state index in [-0.39, 0.29) is 11.9 Å². The molecule has 5 heteroatoms. The second kappa shape index (κ2) is 8.27. The van der Waals surface area contributed by atoms with Crippen molar-refractivity contribution in [2.24, 2.45) is 11.8 Å². The molecule has 3 unspecified atom stereocenters. The molecule has 3 atom stereocenters.